The predicted octanol–water partition coefficient (Wildman–Crippen LogP) is 3.03. The largest absolute Gasteiger partial charge is 0.372 e. The molecule has 2 atom stereocenters. The Morgan fingerprint density at radius 1 is 1.42 bits per heavy atom. The molecule has 0 aromatic heterocycles. The summed E-state index contributed by atoms with van der Waals surface area (Å²) in [7, 11) is 2.22. The number of nitrogens with two attached hydrogens (primary N) is 1. The molecule has 136 valence electrons. The predicted molar refractivity (Wildman–Crippen MR) is 110 cm³/mol. The number of hydrogen-bond donors (Lipinski definition) is 1. The maximum absolute atomic E-state index is 6.46. The average molecular weight is 331 g/mol. The molecule has 4 heteroatoms. The third-order valence-electron chi connectivity index (χ3n) is 5.13. The highest BCUT2D eigenvalue weighted by Crippen LogP contribution is 2.22. The van der Waals surface area contributed by atoms with Gasteiger partial charge in [-0.15, -0.1) is 0 Å². The topological polar surface area (TPSA) is 32.5 Å². The Morgan fingerprint density at radius 3 is 2.50 bits per heavy atom. The van der Waals surface area contributed by atoms with Gasteiger partial charge < -0.3 is 10.6 Å². The molecule has 1 rings (SSSR count). The minimum atomic E-state index is -0.0531. The first kappa shape index (κ1) is 21.0. The highest BCUT2D eigenvalue weighted by molar-refractivity contribution is 6.10. The SMILES string of the molecule is BCC(/C=C\C(C)CCN(CC)C(N)C(=C)N1CC(C)C1)=C(C)C. The van der Waals surface area contributed by atoms with Crippen molar-refractivity contribution in [2.75, 3.05) is 26.2 Å². The van der Waals surface area contributed by atoms with E-state index < -0.39 is 0 Å². The van der Waals surface area contributed by atoms with Gasteiger partial charge >= 0.3 is 0 Å². The monoisotopic (exact) mass is 331 g/mol. The first-order chi connectivity index (χ1) is 11.3. The molecule has 0 bridgehead atoms. The van der Waals surface area contributed by atoms with Crippen molar-refractivity contribution in [2.45, 2.75) is 53.5 Å². The fraction of sp³-hybridized carbons (Fsp3) is 0.700. The van der Waals surface area contributed by atoms with E-state index in [0.29, 0.717) is 5.92 Å². The van der Waals surface area contributed by atoms with E-state index in [0.717, 1.165) is 50.5 Å². The molecular weight excluding hydrogens is 293 g/mol. The molecule has 1 heterocycles. The zero-order valence-electron chi connectivity index (χ0n) is 16.8. The summed E-state index contributed by atoms with van der Waals surface area (Å²) in [6, 6.07) is 0. The first-order valence-electron chi connectivity index (χ1n) is 9.57. The van der Waals surface area contributed by atoms with E-state index >= 15 is 0 Å². The van der Waals surface area contributed by atoms with E-state index in [4.69, 9.17) is 5.73 Å². The molecule has 1 aliphatic rings. The van der Waals surface area contributed by atoms with Crippen molar-refractivity contribution in [3.05, 3.63) is 35.6 Å². The summed E-state index contributed by atoms with van der Waals surface area (Å²) in [5, 5.41) is 0. The van der Waals surface area contributed by atoms with Crippen LogP contribution >= 0.6 is 0 Å². The fourth-order valence-corrected chi connectivity index (χ4v) is 3.21. The first-order valence-corrected chi connectivity index (χ1v) is 9.57. The smallest absolute Gasteiger partial charge is 0.107 e. The minimum absolute atomic E-state index is 0.0531. The zero-order valence-corrected chi connectivity index (χ0v) is 16.8. The molecule has 0 radical (unpaired) electrons. The van der Waals surface area contributed by atoms with Crippen molar-refractivity contribution in [1.29, 1.82) is 0 Å². The van der Waals surface area contributed by atoms with Crippen molar-refractivity contribution in [3.63, 3.8) is 0 Å². The lowest BCUT2D eigenvalue weighted by Gasteiger charge is -2.44. The Labute approximate surface area is 151 Å². The van der Waals surface area contributed by atoms with Crippen LogP contribution in [0.3, 0.4) is 0 Å². The summed E-state index contributed by atoms with van der Waals surface area (Å²) >= 11 is 0. The second kappa shape index (κ2) is 10.1. The summed E-state index contributed by atoms with van der Waals surface area (Å²) in [4.78, 5) is 4.67. The van der Waals surface area contributed by atoms with Crippen LogP contribution in [0.4, 0.5) is 0 Å². The van der Waals surface area contributed by atoms with Gasteiger partial charge in [0.05, 0.1) is 6.17 Å². The van der Waals surface area contributed by atoms with E-state index in [1.165, 1.54) is 11.1 Å². The number of hydrogen-bond acceptors (Lipinski definition) is 3. The maximum Gasteiger partial charge on any atom is 0.107 e. The molecular formula is C20H38BN3. The summed E-state index contributed by atoms with van der Waals surface area (Å²) in [5.74, 6) is 1.33. The Hall–Kier alpha value is -0.995. The van der Waals surface area contributed by atoms with Crippen molar-refractivity contribution < 1.29 is 0 Å². The van der Waals surface area contributed by atoms with Gasteiger partial charge in [-0.3, -0.25) is 4.90 Å². The number of likely N-dealkylation sites (N-methyl/N-ethyl adjacent to an activating group) is 1. The second-order valence-corrected chi connectivity index (χ2v) is 7.58. The summed E-state index contributed by atoms with van der Waals surface area (Å²) in [6.45, 7) is 19.6. The highest BCUT2D eigenvalue weighted by Gasteiger charge is 2.28. The van der Waals surface area contributed by atoms with Crippen LogP contribution in [0, 0.1) is 11.8 Å². The van der Waals surface area contributed by atoms with Crippen molar-refractivity contribution in [1.82, 2.24) is 9.80 Å². The molecule has 0 spiro atoms. The third kappa shape index (κ3) is 6.14. The van der Waals surface area contributed by atoms with Gasteiger partial charge in [0.1, 0.15) is 7.85 Å². The fourth-order valence-electron chi connectivity index (χ4n) is 3.21. The summed E-state index contributed by atoms with van der Waals surface area (Å²) in [6.07, 6.45) is 6.82. The number of rotatable bonds is 10. The van der Waals surface area contributed by atoms with Crippen LogP contribution in [-0.2, 0) is 0 Å². The van der Waals surface area contributed by atoms with Gasteiger partial charge in [-0.2, -0.15) is 0 Å². The lowest BCUT2D eigenvalue weighted by molar-refractivity contribution is 0.114. The van der Waals surface area contributed by atoms with Gasteiger partial charge in [0.2, 0.25) is 0 Å². The molecule has 2 unspecified atom stereocenters. The van der Waals surface area contributed by atoms with E-state index in [2.05, 4.69) is 71.0 Å². The van der Waals surface area contributed by atoms with Gasteiger partial charge in [-0.1, -0.05) is 57.0 Å². The quantitative estimate of drug-likeness (QED) is 0.379. The van der Waals surface area contributed by atoms with Gasteiger partial charge in [0.15, 0.2) is 0 Å². The number of nitrogens with zero attached hydrogens (tertiary/aromatic N) is 2. The van der Waals surface area contributed by atoms with Crippen molar-refractivity contribution >= 4 is 7.85 Å². The average Bonchev–Trinajstić information content (AvgIpc) is 2.51. The zero-order chi connectivity index (χ0) is 18.3. The number of likely N-dealkylation sites (tertiary alicyclic amines) is 1. The Bertz CT molecular complexity index is 460. The van der Waals surface area contributed by atoms with Gasteiger partial charge in [0.25, 0.3) is 0 Å². The normalized spacial score (nSPS) is 17.9. The molecule has 0 saturated carbocycles. The Balaban J connectivity index is 2.49. The lowest BCUT2D eigenvalue weighted by Crippen LogP contribution is -2.53. The van der Waals surface area contributed by atoms with E-state index in [1.54, 1.807) is 0 Å². The van der Waals surface area contributed by atoms with Crippen LogP contribution in [0.2, 0.25) is 6.32 Å². The molecule has 24 heavy (non-hydrogen) atoms. The summed E-state index contributed by atoms with van der Waals surface area (Å²) in [5.41, 5.74) is 10.4. The molecule has 1 fully saturated rings. The molecule has 0 amide bonds. The molecule has 1 aliphatic heterocycles. The van der Waals surface area contributed by atoms with Crippen LogP contribution in [0.1, 0.15) is 41.0 Å². The van der Waals surface area contributed by atoms with E-state index in [1.807, 2.05) is 0 Å². The Morgan fingerprint density at radius 2 is 2.04 bits per heavy atom. The standard InChI is InChI=1S/C20H38BN3/c1-7-23(20(22)18(6)24-13-17(5)14-24)11-10-16(4)8-9-19(12-21)15(2)3/h8-9,16-17,20H,6-7,10-14,21-22H2,1-5H3/b9-8-. The molecule has 0 aliphatic carbocycles. The second-order valence-electron chi connectivity index (χ2n) is 7.58. The Kier molecular flexibility index (Phi) is 8.86. The molecule has 2 N–H and O–H groups in total. The van der Waals surface area contributed by atoms with Crippen LogP contribution < -0.4 is 5.73 Å². The van der Waals surface area contributed by atoms with Gasteiger partial charge in [-0.25, -0.2) is 0 Å². The van der Waals surface area contributed by atoms with Crippen LogP contribution in [0.5, 0.6) is 0 Å². The van der Waals surface area contributed by atoms with Crippen molar-refractivity contribution in [3.8, 4) is 0 Å². The minimum Gasteiger partial charge on any atom is -0.372 e. The van der Waals surface area contributed by atoms with Crippen LogP contribution in [-0.4, -0.2) is 50.0 Å². The van der Waals surface area contributed by atoms with Gasteiger partial charge in [0, 0.05) is 25.3 Å². The van der Waals surface area contributed by atoms with E-state index in [9.17, 15) is 0 Å². The maximum atomic E-state index is 6.46. The third-order valence-corrected chi connectivity index (χ3v) is 5.13. The highest BCUT2D eigenvalue weighted by atomic mass is 15.3. The van der Waals surface area contributed by atoms with Gasteiger partial charge in [-0.05, 0) is 38.6 Å². The summed E-state index contributed by atoms with van der Waals surface area (Å²) < 4.78 is 0. The molecule has 0 aromatic carbocycles. The molecule has 1 saturated heterocycles. The van der Waals surface area contributed by atoms with Crippen molar-refractivity contribution in [2.24, 2.45) is 17.6 Å². The van der Waals surface area contributed by atoms with Crippen LogP contribution in [0.15, 0.2) is 35.6 Å². The van der Waals surface area contributed by atoms with E-state index in [-0.39, 0.29) is 6.17 Å². The molecule has 0 aromatic rings. The lowest BCUT2D eigenvalue weighted by atomic mass is 9.92. The number of allylic oxidation sites excluding steroid dienone is 4. The molecule has 3 nitrogen and oxygen atoms in total. The van der Waals surface area contributed by atoms with Crippen LogP contribution in [0.25, 0.3) is 0 Å².